The minimum Gasteiger partial charge on any atom is -0.494 e. The monoisotopic (exact) mass is 1110 g/mol. The van der Waals surface area contributed by atoms with Gasteiger partial charge >= 0.3 is 0 Å². The number of anilines is 5. The molecule has 0 spiro atoms. The van der Waals surface area contributed by atoms with Gasteiger partial charge in [-0.3, -0.25) is 29.3 Å². The summed E-state index contributed by atoms with van der Waals surface area (Å²) in [5.74, 6) is 0.450. The number of hydrogen-bond donors (Lipinski definition) is 5. The number of β-amino-alcohol motifs (C(OH)–C–C–N with tert-alkyl or cyclic N) is 1. The summed E-state index contributed by atoms with van der Waals surface area (Å²) in [6.07, 6.45) is 4.93. The van der Waals surface area contributed by atoms with Crippen LogP contribution in [0.5, 0.6) is 5.75 Å². The highest BCUT2D eigenvalue weighted by Gasteiger charge is 2.45. The summed E-state index contributed by atoms with van der Waals surface area (Å²) >= 11 is 5.15. The molecular weight excluding hydrogens is 1040 g/mol. The van der Waals surface area contributed by atoms with Crippen LogP contribution < -0.4 is 36.2 Å². The first kappa shape index (κ1) is 54.2. The number of likely N-dealkylation sites (tertiary alicyclic amines) is 1. The lowest BCUT2D eigenvalue weighted by Crippen LogP contribution is -2.57. The number of benzene rings is 3. The molecule has 18 nitrogen and oxygen atoms in total. The zero-order chi connectivity index (χ0) is 53.1. The summed E-state index contributed by atoms with van der Waals surface area (Å²) in [7, 11) is -1.18. The summed E-state index contributed by atoms with van der Waals surface area (Å²) in [6, 6.07) is 13.6. The highest BCUT2D eigenvalue weighted by atomic mass is 79.9. The Morgan fingerprint density at radius 3 is 2.35 bits per heavy atom. The van der Waals surface area contributed by atoms with E-state index in [1.807, 2.05) is 88.7 Å². The molecule has 8 rings (SSSR count). The van der Waals surface area contributed by atoms with E-state index in [4.69, 9.17) is 9.72 Å². The van der Waals surface area contributed by atoms with Crippen molar-refractivity contribution in [3.63, 3.8) is 0 Å². The fourth-order valence-electron chi connectivity index (χ4n) is 9.64. The van der Waals surface area contributed by atoms with Crippen molar-refractivity contribution in [3.8, 4) is 16.2 Å². The lowest BCUT2D eigenvalue weighted by atomic mass is 9.85. The Labute approximate surface area is 445 Å². The predicted molar refractivity (Wildman–Crippen MR) is 297 cm³/mol. The minimum absolute atomic E-state index is 0.00653. The van der Waals surface area contributed by atoms with E-state index in [-0.39, 0.29) is 43.1 Å². The molecule has 2 aliphatic rings. The second-order valence-electron chi connectivity index (χ2n) is 20.5. The molecule has 1 unspecified atom stereocenters. The van der Waals surface area contributed by atoms with Gasteiger partial charge in [0.2, 0.25) is 23.7 Å². The van der Waals surface area contributed by atoms with Crippen molar-refractivity contribution in [2.24, 2.45) is 5.41 Å². The number of aliphatic hydroxyl groups excluding tert-OH is 1. The molecule has 21 heteroatoms. The van der Waals surface area contributed by atoms with Crippen LogP contribution in [0.4, 0.5) is 28.8 Å². The number of piperazine rings is 1. The second kappa shape index (κ2) is 22.8. The topological polar surface area (TPSA) is 220 Å². The maximum atomic E-state index is 14.3. The molecule has 2 aliphatic heterocycles. The van der Waals surface area contributed by atoms with Crippen molar-refractivity contribution in [2.75, 3.05) is 75.2 Å². The molecule has 3 aromatic heterocycles. The first-order valence-corrected chi connectivity index (χ1v) is 29.1. The first-order valence-electron chi connectivity index (χ1n) is 24.8. The number of carbonyl (C=O) groups excluding carboxylic acids is 3. The van der Waals surface area contributed by atoms with E-state index in [0.29, 0.717) is 62.7 Å². The van der Waals surface area contributed by atoms with Gasteiger partial charge < -0.3 is 45.5 Å². The SMILES string of the molecule is COc1cc(N2CCN(CCCC(=O)NC(C(=O)N3C[C@H](O)C[C@H]3C(=O)N[C@@H](C)c3ccc(-c4scnc4C)cc3)C(C)(C)C)CC2)c(C)cc1Nc1ncc(Br)c(Nc2ccc3nccnc3c2P(C)(C)=O)n1. The number of ether oxygens (including phenoxy) is 1. The minimum atomic E-state index is -2.80. The lowest BCUT2D eigenvalue weighted by Gasteiger charge is -2.37. The molecule has 5 heterocycles. The number of fused-ring (bicyclic) bond motifs is 1. The van der Waals surface area contributed by atoms with Crippen molar-refractivity contribution in [3.05, 3.63) is 93.9 Å². The van der Waals surface area contributed by atoms with Gasteiger partial charge in [-0.15, -0.1) is 11.3 Å². The number of aryl methyl sites for hydroxylation is 2. The number of aromatic nitrogens is 5. The number of amides is 3. The molecule has 0 saturated carbocycles. The molecule has 6 aromatic rings. The van der Waals surface area contributed by atoms with Gasteiger partial charge in [0.25, 0.3) is 0 Å². The van der Waals surface area contributed by atoms with Gasteiger partial charge in [-0.1, -0.05) is 45.0 Å². The van der Waals surface area contributed by atoms with E-state index in [2.05, 4.69) is 73.9 Å². The normalized spacial score (nSPS) is 17.2. The van der Waals surface area contributed by atoms with Crippen molar-refractivity contribution >= 4 is 97.3 Å². The number of aliphatic hydroxyl groups is 1. The lowest BCUT2D eigenvalue weighted by molar-refractivity contribution is -0.144. The summed E-state index contributed by atoms with van der Waals surface area (Å²) in [5, 5.41) is 24.1. The van der Waals surface area contributed by atoms with Crippen molar-refractivity contribution < 1.29 is 28.8 Å². The molecular formula is C53H66BrN12O6PS. The van der Waals surface area contributed by atoms with Crippen molar-refractivity contribution in [2.45, 2.75) is 85.0 Å². The highest BCUT2D eigenvalue weighted by Crippen LogP contribution is 2.42. The Morgan fingerprint density at radius 1 is 0.946 bits per heavy atom. The number of rotatable bonds is 17. The third kappa shape index (κ3) is 12.5. The fourth-order valence-corrected chi connectivity index (χ4v) is 12.1. The Bertz CT molecular complexity index is 3070. The largest absolute Gasteiger partial charge is 0.494 e. The van der Waals surface area contributed by atoms with Crippen LogP contribution in [0.25, 0.3) is 21.5 Å². The summed E-state index contributed by atoms with van der Waals surface area (Å²) in [5.41, 5.74) is 8.71. The number of nitrogens with one attached hydrogen (secondary N) is 4. The van der Waals surface area contributed by atoms with Crippen LogP contribution in [0.1, 0.15) is 69.8 Å². The molecule has 392 valence electrons. The molecule has 0 bridgehead atoms. The zero-order valence-corrected chi connectivity index (χ0v) is 46.7. The maximum Gasteiger partial charge on any atom is 0.246 e. The van der Waals surface area contributed by atoms with Gasteiger partial charge in [0.1, 0.15) is 36.3 Å². The number of carbonyl (C=O) groups is 3. The van der Waals surface area contributed by atoms with Crippen LogP contribution in [0, 0.1) is 19.3 Å². The van der Waals surface area contributed by atoms with Gasteiger partial charge in [-0.25, -0.2) is 9.97 Å². The second-order valence-corrected chi connectivity index (χ2v) is 25.4. The van der Waals surface area contributed by atoms with Crippen molar-refractivity contribution in [1.82, 2.24) is 45.4 Å². The van der Waals surface area contributed by atoms with Gasteiger partial charge in [0, 0.05) is 75.9 Å². The summed E-state index contributed by atoms with van der Waals surface area (Å²) < 4.78 is 20.0. The smallest absolute Gasteiger partial charge is 0.246 e. The standard InChI is InChI=1S/C53H66BrN12O6PS/c1-31-25-40(61-52-57-28-37(54)49(63-52)60-39-17-16-38-45(56-19-18-55-38)46(39)73(8,9)71)43(72-7)27-41(31)65-23-21-64(22-24-65)20-10-11-44(68)62-48(53(4,5)6)51(70)66-29-36(67)26-42(66)50(69)59-32(2)34-12-14-35(15-13-34)47-33(3)58-30-74-47/h12-19,25,27-28,30,32,36,42,48,67H,10-11,20-24,26,29H2,1-9H3,(H,59,69)(H,62,68)(H2,57,60,61,63)/t32-,36+,42-,48?/m0/s1. The quantitative estimate of drug-likeness (QED) is 0.0548. The molecule has 3 aromatic carbocycles. The summed E-state index contributed by atoms with van der Waals surface area (Å²) in [4.78, 5) is 71.3. The van der Waals surface area contributed by atoms with E-state index < -0.39 is 30.7 Å². The van der Waals surface area contributed by atoms with Gasteiger partial charge in [0.05, 0.1) is 62.0 Å². The molecule has 2 fully saturated rings. The van der Waals surface area contributed by atoms with E-state index in [1.54, 1.807) is 50.4 Å². The molecule has 4 atom stereocenters. The first-order chi connectivity index (χ1) is 35.2. The summed E-state index contributed by atoms with van der Waals surface area (Å²) in [6.45, 7) is 18.9. The number of methoxy groups -OCH3 is 1. The number of thiazole rings is 1. The molecule has 74 heavy (non-hydrogen) atoms. The third-order valence-corrected chi connectivity index (χ3v) is 16.7. The molecule has 3 amide bonds. The Morgan fingerprint density at radius 2 is 1.68 bits per heavy atom. The average Bonchev–Trinajstić information content (AvgIpc) is 3.98. The van der Waals surface area contributed by atoms with E-state index in [9.17, 15) is 24.1 Å². The van der Waals surface area contributed by atoms with E-state index in [1.165, 1.54) is 4.90 Å². The van der Waals surface area contributed by atoms with E-state index in [0.717, 1.165) is 59.1 Å². The third-order valence-electron chi connectivity index (χ3n) is 13.6. The number of hydrogen-bond acceptors (Lipinski definition) is 16. The van der Waals surface area contributed by atoms with Crippen LogP contribution in [0.2, 0.25) is 0 Å². The predicted octanol–water partition coefficient (Wildman–Crippen LogP) is 7.94. The number of nitrogens with zero attached hydrogens (tertiary/aromatic N) is 8. The van der Waals surface area contributed by atoms with Crippen LogP contribution in [0.3, 0.4) is 0 Å². The molecule has 0 radical (unpaired) electrons. The Kier molecular flexibility index (Phi) is 16.7. The Balaban J connectivity index is 0.831. The fraction of sp³-hybridized carbons (Fsp3) is 0.434. The van der Waals surface area contributed by atoms with Crippen LogP contribution in [-0.4, -0.2) is 135 Å². The number of halogens is 1. The van der Waals surface area contributed by atoms with Gasteiger partial charge in [0.15, 0.2) is 0 Å². The maximum absolute atomic E-state index is 14.3. The molecule has 5 N–H and O–H groups in total. The van der Waals surface area contributed by atoms with Gasteiger partial charge in [-0.05, 0) is 103 Å². The van der Waals surface area contributed by atoms with Crippen LogP contribution in [0.15, 0.2) is 77.1 Å². The Hall–Kier alpha value is -6.05. The van der Waals surface area contributed by atoms with Crippen LogP contribution in [-0.2, 0) is 18.9 Å². The zero-order valence-electron chi connectivity index (χ0n) is 43.4. The highest BCUT2D eigenvalue weighted by molar-refractivity contribution is 9.10. The van der Waals surface area contributed by atoms with Crippen LogP contribution >= 0.6 is 34.4 Å². The molecule has 2 saturated heterocycles. The molecule has 0 aliphatic carbocycles. The average molecular weight is 1110 g/mol. The van der Waals surface area contributed by atoms with Crippen molar-refractivity contribution in [1.29, 1.82) is 0 Å². The van der Waals surface area contributed by atoms with Gasteiger partial charge in [-0.2, -0.15) is 4.98 Å². The van der Waals surface area contributed by atoms with E-state index >= 15 is 0 Å².